The van der Waals surface area contributed by atoms with Crippen LogP contribution in [0.1, 0.15) is 48.6 Å². The molecule has 2 N–H and O–H groups in total. The Morgan fingerprint density at radius 3 is 2.76 bits per heavy atom. The first-order chi connectivity index (χ1) is 14.2. The number of aromatic nitrogens is 1. The molecule has 1 aromatic heterocycles. The van der Waals surface area contributed by atoms with Crippen LogP contribution in [-0.4, -0.2) is 76.7 Å². The number of thioether (sulfide) groups is 1. The quantitative estimate of drug-likeness (QED) is 0.780. The number of morpholine rings is 1. The average molecular weight is 417 g/mol. The molecule has 8 heteroatoms. The van der Waals surface area contributed by atoms with Gasteiger partial charge in [-0.25, -0.2) is 9.78 Å². The number of aliphatic imine (C=N–C) groups is 1. The van der Waals surface area contributed by atoms with Gasteiger partial charge in [-0.05, 0) is 43.2 Å². The minimum absolute atomic E-state index is 0.0222. The molecule has 1 aromatic rings. The van der Waals surface area contributed by atoms with E-state index in [4.69, 9.17) is 9.72 Å². The molecule has 3 aliphatic heterocycles. The van der Waals surface area contributed by atoms with Crippen LogP contribution >= 0.6 is 11.8 Å². The van der Waals surface area contributed by atoms with Crippen LogP contribution < -0.4 is 5.32 Å². The number of nitrogens with zero attached hydrogens (tertiary/aromatic N) is 3. The Hall–Kier alpha value is -1.64. The first-order valence-corrected chi connectivity index (χ1v) is 11.7. The summed E-state index contributed by atoms with van der Waals surface area (Å²) < 4.78 is 5.50. The Morgan fingerprint density at radius 2 is 2.03 bits per heavy atom. The van der Waals surface area contributed by atoms with E-state index >= 15 is 0 Å². The minimum Gasteiger partial charge on any atom is -0.476 e. The topological polar surface area (TPSA) is 87.0 Å². The van der Waals surface area contributed by atoms with Gasteiger partial charge in [-0.1, -0.05) is 11.8 Å². The van der Waals surface area contributed by atoms with Crippen molar-refractivity contribution >= 4 is 28.6 Å². The van der Waals surface area contributed by atoms with Crippen molar-refractivity contribution in [3.63, 3.8) is 0 Å². The predicted molar refractivity (Wildman–Crippen MR) is 114 cm³/mol. The zero-order valence-electron chi connectivity index (χ0n) is 16.5. The lowest BCUT2D eigenvalue weighted by Crippen LogP contribution is -2.44. The van der Waals surface area contributed by atoms with E-state index in [9.17, 15) is 9.90 Å². The summed E-state index contributed by atoms with van der Waals surface area (Å²) in [7, 11) is 0. The minimum atomic E-state index is -0.910. The molecule has 29 heavy (non-hydrogen) atoms. The summed E-state index contributed by atoms with van der Waals surface area (Å²) in [6.45, 7) is 4.67. The van der Waals surface area contributed by atoms with Gasteiger partial charge in [-0.3, -0.25) is 9.89 Å². The van der Waals surface area contributed by atoms with Gasteiger partial charge < -0.3 is 15.2 Å². The SMILES string of the molecule is O=C(O)C1=NC(C2CNc3ncc([C@H]4CC[C@@H](N5CCOCC5)CC4)cc32)CS1. The molecule has 2 atom stereocenters. The van der Waals surface area contributed by atoms with Crippen LogP contribution in [0.4, 0.5) is 5.82 Å². The van der Waals surface area contributed by atoms with Gasteiger partial charge in [0.15, 0.2) is 5.04 Å². The molecule has 5 rings (SSSR count). The molecule has 7 nitrogen and oxygen atoms in total. The summed E-state index contributed by atoms with van der Waals surface area (Å²) in [6.07, 6.45) is 6.95. The van der Waals surface area contributed by atoms with Gasteiger partial charge in [0.05, 0.1) is 19.3 Å². The number of ether oxygens (including phenoxy) is 1. The van der Waals surface area contributed by atoms with E-state index in [-0.39, 0.29) is 17.0 Å². The molecule has 4 aliphatic rings. The third kappa shape index (κ3) is 3.90. The number of nitrogens with one attached hydrogen (secondary N) is 1. The molecule has 0 bridgehead atoms. The molecule has 156 valence electrons. The smallest absolute Gasteiger partial charge is 0.360 e. The Morgan fingerprint density at radius 1 is 1.24 bits per heavy atom. The van der Waals surface area contributed by atoms with Crippen molar-refractivity contribution in [3.8, 4) is 0 Å². The molecule has 0 spiro atoms. The molecule has 1 aliphatic carbocycles. The lowest BCUT2D eigenvalue weighted by atomic mass is 9.80. The number of carboxylic acid groups (broad SMARTS) is 1. The lowest BCUT2D eigenvalue weighted by Gasteiger charge is -2.38. The molecule has 0 radical (unpaired) electrons. The van der Waals surface area contributed by atoms with Crippen molar-refractivity contribution < 1.29 is 14.6 Å². The summed E-state index contributed by atoms with van der Waals surface area (Å²) >= 11 is 1.35. The van der Waals surface area contributed by atoms with E-state index in [1.807, 2.05) is 6.20 Å². The van der Waals surface area contributed by atoms with Gasteiger partial charge in [0.25, 0.3) is 0 Å². The fraction of sp³-hybridized carbons (Fsp3) is 0.667. The molecule has 4 heterocycles. The second kappa shape index (κ2) is 8.24. The number of aliphatic carboxylic acids is 1. The Labute approximate surface area is 175 Å². The maximum atomic E-state index is 11.2. The van der Waals surface area contributed by atoms with Crippen molar-refractivity contribution in [2.75, 3.05) is 43.9 Å². The fourth-order valence-electron chi connectivity index (χ4n) is 5.24. The maximum Gasteiger partial charge on any atom is 0.360 e. The second-order valence-electron chi connectivity index (χ2n) is 8.47. The predicted octanol–water partition coefficient (Wildman–Crippen LogP) is 2.55. The second-order valence-corrected chi connectivity index (χ2v) is 9.47. The van der Waals surface area contributed by atoms with Gasteiger partial charge in [0.1, 0.15) is 5.82 Å². The van der Waals surface area contributed by atoms with Crippen molar-refractivity contribution in [1.82, 2.24) is 9.88 Å². The number of hydrogen-bond donors (Lipinski definition) is 2. The highest BCUT2D eigenvalue weighted by molar-refractivity contribution is 8.16. The van der Waals surface area contributed by atoms with Gasteiger partial charge in [0, 0.05) is 49.1 Å². The van der Waals surface area contributed by atoms with Crippen LogP contribution in [0.2, 0.25) is 0 Å². The van der Waals surface area contributed by atoms with E-state index in [1.165, 1.54) is 48.6 Å². The number of anilines is 1. The average Bonchev–Trinajstić information content (AvgIpc) is 3.41. The molecule has 2 fully saturated rings. The maximum absolute atomic E-state index is 11.2. The largest absolute Gasteiger partial charge is 0.476 e. The van der Waals surface area contributed by atoms with Crippen LogP contribution in [0.25, 0.3) is 0 Å². The summed E-state index contributed by atoms with van der Waals surface area (Å²) in [4.78, 5) is 23.0. The molecule has 1 saturated carbocycles. The monoisotopic (exact) mass is 416 g/mol. The highest BCUT2D eigenvalue weighted by Crippen LogP contribution is 2.41. The third-order valence-electron chi connectivity index (χ3n) is 6.88. The first-order valence-electron chi connectivity index (χ1n) is 10.7. The lowest BCUT2D eigenvalue weighted by molar-refractivity contribution is -0.129. The summed E-state index contributed by atoms with van der Waals surface area (Å²) in [5.74, 6) is 1.56. The van der Waals surface area contributed by atoms with E-state index in [0.717, 1.165) is 44.4 Å². The first kappa shape index (κ1) is 19.3. The normalized spacial score (nSPS) is 32.5. The summed E-state index contributed by atoms with van der Waals surface area (Å²) in [6, 6.07) is 3.05. The molecule has 2 unspecified atom stereocenters. The molecule has 0 aromatic carbocycles. The standard InChI is InChI=1S/C21H28N4O3S/c26-21(27)20-24-18(12-29-20)17-11-23-19-16(17)9-14(10-22-19)13-1-3-15(4-2-13)25-5-7-28-8-6-25/h9-10,13,15,17-18H,1-8,11-12H2,(H,22,23)(H,26,27)/t13-,15+,17?,18?. The van der Waals surface area contributed by atoms with Crippen LogP contribution in [-0.2, 0) is 9.53 Å². The highest BCUT2D eigenvalue weighted by atomic mass is 32.2. The Bertz CT molecular complexity index is 803. The van der Waals surface area contributed by atoms with Crippen molar-refractivity contribution in [1.29, 1.82) is 0 Å². The van der Waals surface area contributed by atoms with Gasteiger partial charge >= 0.3 is 5.97 Å². The van der Waals surface area contributed by atoms with E-state index in [0.29, 0.717) is 12.0 Å². The van der Waals surface area contributed by atoms with Gasteiger partial charge in [0.2, 0.25) is 0 Å². The number of pyridine rings is 1. The van der Waals surface area contributed by atoms with Gasteiger partial charge in [-0.15, -0.1) is 0 Å². The Kier molecular flexibility index (Phi) is 5.49. The highest BCUT2D eigenvalue weighted by Gasteiger charge is 2.36. The van der Waals surface area contributed by atoms with Crippen molar-refractivity contribution in [2.24, 2.45) is 4.99 Å². The summed E-state index contributed by atoms with van der Waals surface area (Å²) in [5, 5.41) is 12.8. The fourth-order valence-corrected chi connectivity index (χ4v) is 6.21. The van der Waals surface area contributed by atoms with E-state index in [2.05, 4.69) is 21.3 Å². The van der Waals surface area contributed by atoms with Crippen LogP contribution in [0.5, 0.6) is 0 Å². The summed E-state index contributed by atoms with van der Waals surface area (Å²) in [5.41, 5.74) is 2.56. The molecular formula is C21H28N4O3S. The Balaban J connectivity index is 1.27. The van der Waals surface area contributed by atoms with E-state index in [1.54, 1.807) is 0 Å². The zero-order valence-corrected chi connectivity index (χ0v) is 17.4. The molecule has 0 amide bonds. The third-order valence-corrected chi connectivity index (χ3v) is 7.94. The molecule has 1 saturated heterocycles. The van der Waals surface area contributed by atoms with Crippen LogP contribution in [0, 0.1) is 0 Å². The van der Waals surface area contributed by atoms with Gasteiger partial charge in [-0.2, -0.15) is 0 Å². The number of carbonyl (C=O) groups is 1. The van der Waals surface area contributed by atoms with Crippen molar-refractivity contribution in [2.45, 2.75) is 49.6 Å². The number of rotatable bonds is 4. The number of fused-ring (bicyclic) bond motifs is 1. The number of carboxylic acids is 1. The van der Waals surface area contributed by atoms with Crippen LogP contribution in [0.3, 0.4) is 0 Å². The zero-order chi connectivity index (χ0) is 19.8. The van der Waals surface area contributed by atoms with E-state index < -0.39 is 5.97 Å². The molecular weight excluding hydrogens is 388 g/mol. The van der Waals surface area contributed by atoms with Crippen LogP contribution in [0.15, 0.2) is 17.3 Å². The number of hydrogen-bond acceptors (Lipinski definition) is 7. The van der Waals surface area contributed by atoms with Crippen molar-refractivity contribution in [3.05, 3.63) is 23.4 Å².